The zero-order valence-corrected chi connectivity index (χ0v) is 16.3. The van der Waals surface area contributed by atoms with Crippen LogP contribution in [0.1, 0.15) is 18.7 Å². The van der Waals surface area contributed by atoms with Crippen molar-refractivity contribution in [3.63, 3.8) is 0 Å². The van der Waals surface area contributed by atoms with Crippen LogP contribution in [-0.4, -0.2) is 34.8 Å². The van der Waals surface area contributed by atoms with E-state index >= 15 is 0 Å². The number of nitrogens with zero attached hydrogens (tertiary/aromatic N) is 3. The molecule has 0 saturated carbocycles. The highest BCUT2D eigenvalue weighted by Crippen LogP contribution is 2.29. The van der Waals surface area contributed by atoms with Gasteiger partial charge in [-0.1, -0.05) is 24.3 Å². The Morgan fingerprint density at radius 1 is 1.11 bits per heavy atom. The summed E-state index contributed by atoms with van der Waals surface area (Å²) in [5.74, 6) is 1.70. The highest BCUT2D eigenvalue weighted by Gasteiger charge is 2.18. The average Bonchev–Trinajstić information content (AvgIpc) is 3.32. The van der Waals surface area contributed by atoms with Gasteiger partial charge < -0.3 is 14.8 Å². The van der Waals surface area contributed by atoms with Crippen LogP contribution in [0.3, 0.4) is 0 Å². The van der Waals surface area contributed by atoms with E-state index in [1.165, 1.54) is 12.8 Å². The Kier molecular flexibility index (Phi) is 5.34. The number of hydrogen-bond donors (Lipinski definition) is 1. The number of carbonyl (C=O) groups excluding carboxylic acids is 1. The first-order valence-corrected chi connectivity index (χ1v) is 10.7. The van der Waals surface area contributed by atoms with Crippen molar-refractivity contribution < 1.29 is 4.79 Å². The van der Waals surface area contributed by atoms with Gasteiger partial charge in [0.25, 0.3) is 0 Å². The molecule has 140 valence electrons. The van der Waals surface area contributed by atoms with Crippen LogP contribution in [0.15, 0.2) is 48.5 Å². The molecule has 2 aromatic carbocycles. The number of imidazole rings is 1. The molecular weight excluding hydrogens is 356 g/mol. The molecular formula is C21H24N4OS. The maximum absolute atomic E-state index is 12.9. The van der Waals surface area contributed by atoms with Crippen LogP contribution in [0.5, 0.6) is 0 Å². The van der Waals surface area contributed by atoms with E-state index in [-0.39, 0.29) is 12.5 Å². The van der Waals surface area contributed by atoms with Gasteiger partial charge in [-0.05, 0) is 43.4 Å². The van der Waals surface area contributed by atoms with Crippen LogP contribution < -0.4 is 10.2 Å². The number of carbonyl (C=O) groups is 1. The molecule has 0 bridgehead atoms. The SMILES string of the molecule is CSCc1nc2ccccc2n1CC(=O)Nc1ccccc1N1CCCC1. The van der Waals surface area contributed by atoms with Crippen LogP contribution in [0.4, 0.5) is 11.4 Å². The summed E-state index contributed by atoms with van der Waals surface area (Å²) in [6.45, 7) is 2.37. The lowest BCUT2D eigenvalue weighted by Gasteiger charge is -2.21. The van der Waals surface area contributed by atoms with Crippen molar-refractivity contribution in [2.45, 2.75) is 25.1 Å². The summed E-state index contributed by atoms with van der Waals surface area (Å²) in [6, 6.07) is 16.1. The van der Waals surface area contributed by atoms with E-state index in [9.17, 15) is 4.79 Å². The highest BCUT2D eigenvalue weighted by molar-refractivity contribution is 7.97. The molecule has 4 rings (SSSR count). The number of rotatable bonds is 6. The molecule has 1 aliphatic rings. The van der Waals surface area contributed by atoms with Crippen molar-refractivity contribution in [2.75, 3.05) is 29.6 Å². The zero-order valence-electron chi connectivity index (χ0n) is 15.5. The van der Waals surface area contributed by atoms with E-state index in [1.54, 1.807) is 11.8 Å². The summed E-state index contributed by atoms with van der Waals surface area (Å²) in [5.41, 5.74) is 3.94. The van der Waals surface area contributed by atoms with Crippen LogP contribution in [0, 0.1) is 0 Å². The molecule has 0 atom stereocenters. The number of benzene rings is 2. The number of fused-ring (bicyclic) bond motifs is 1. The van der Waals surface area contributed by atoms with Crippen LogP contribution in [-0.2, 0) is 17.1 Å². The lowest BCUT2D eigenvalue weighted by molar-refractivity contribution is -0.116. The van der Waals surface area contributed by atoms with Crippen LogP contribution >= 0.6 is 11.8 Å². The first-order chi connectivity index (χ1) is 13.3. The molecule has 5 nitrogen and oxygen atoms in total. The first-order valence-electron chi connectivity index (χ1n) is 9.33. The molecule has 0 spiro atoms. The van der Waals surface area contributed by atoms with E-state index in [0.717, 1.165) is 47.1 Å². The third-order valence-electron chi connectivity index (χ3n) is 4.93. The van der Waals surface area contributed by atoms with Crippen molar-refractivity contribution in [1.29, 1.82) is 0 Å². The fourth-order valence-corrected chi connectivity index (χ4v) is 4.17. The van der Waals surface area contributed by atoms with Gasteiger partial charge in [0.05, 0.1) is 28.2 Å². The van der Waals surface area contributed by atoms with E-state index in [1.807, 2.05) is 47.0 Å². The molecule has 1 N–H and O–H groups in total. The normalized spacial score (nSPS) is 14.0. The summed E-state index contributed by atoms with van der Waals surface area (Å²) >= 11 is 1.71. The summed E-state index contributed by atoms with van der Waals surface area (Å²) in [6.07, 6.45) is 4.47. The van der Waals surface area contributed by atoms with Crippen molar-refractivity contribution >= 4 is 40.1 Å². The van der Waals surface area contributed by atoms with Gasteiger partial charge in [0.15, 0.2) is 0 Å². The molecule has 1 aromatic heterocycles. The molecule has 0 aliphatic carbocycles. The van der Waals surface area contributed by atoms with Gasteiger partial charge in [0.1, 0.15) is 12.4 Å². The topological polar surface area (TPSA) is 50.2 Å². The smallest absolute Gasteiger partial charge is 0.244 e. The Morgan fingerprint density at radius 2 is 1.85 bits per heavy atom. The molecule has 6 heteroatoms. The number of anilines is 2. The maximum Gasteiger partial charge on any atom is 0.244 e. The first kappa shape index (κ1) is 17.9. The van der Waals surface area contributed by atoms with Crippen LogP contribution in [0.2, 0.25) is 0 Å². The van der Waals surface area contributed by atoms with E-state index in [2.05, 4.69) is 22.5 Å². The van der Waals surface area contributed by atoms with E-state index in [4.69, 9.17) is 4.98 Å². The van der Waals surface area contributed by atoms with Crippen molar-refractivity contribution in [3.8, 4) is 0 Å². The molecule has 1 amide bonds. The third-order valence-corrected chi connectivity index (χ3v) is 5.48. The third kappa shape index (κ3) is 3.81. The summed E-state index contributed by atoms with van der Waals surface area (Å²) in [5, 5.41) is 3.12. The van der Waals surface area contributed by atoms with Gasteiger partial charge in [-0.15, -0.1) is 0 Å². The largest absolute Gasteiger partial charge is 0.370 e. The molecule has 27 heavy (non-hydrogen) atoms. The van der Waals surface area contributed by atoms with Gasteiger partial charge >= 0.3 is 0 Å². The molecule has 1 aliphatic heterocycles. The monoisotopic (exact) mass is 380 g/mol. The van der Waals surface area contributed by atoms with Crippen molar-refractivity contribution in [1.82, 2.24) is 9.55 Å². The number of nitrogens with one attached hydrogen (secondary N) is 1. The Bertz CT molecular complexity index is 946. The second-order valence-electron chi connectivity index (χ2n) is 6.80. The molecule has 1 fully saturated rings. The number of amides is 1. The van der Waals surface area contributed by atoms with E-state index in [0.29, 0.717) is 0 Å². The predicted octanol–water partition coefficient (Wildman–Crippen LogP) is 4.14. The minimum atomic E-state index is -0.0212. The molecule has 1 saturated heterocycles. The average molecular weight is 381 g/mol. The van der Waals surface area contributed by atoms with Crippen molar-refractivity contribution in [2.24, 2.45) is 0 Å². The fourth-order valence-electron chi connectivity index (χ4n) is 3.69. The number of thioether (sulfide) groups is 1. The van der Waals surface area contributed by atoms with Gasteiger partial charge in [-0.25, -0.2) is 4.98 Å². The Labute approximate surface area is 163 Å². The lowest BCUT2D eigenvalue weighted by Crippen LogP contribution is -2.23. The van der Waals surface area contributed by atoms with Gasteiger partial charge in [-0.3, -0.25) is 4.79 Å². The van der Waals surface area contributed by atoms with Gasteiger partial charge in [0, 0.05) is 13.1 Å². The summed E-state index contributed by atoms with van der Waals surface area (Å²) in [4.78, 5) is 19.9. The maximum atomic E-state index is 12.9. The molecule has 3 aromatic rings. The molecule has 0 radical (unpaired) electrons. The summed E-state index contributed by atoms with van der Waals surface area (Å²) < 4.78 is 2.03. The number of hydrogen-bond acceptors (Lipinski definition) is 4. The second kappa shape index (κ2) is 8.05. The van der Waals surface area contributed by atoms with Gasteiger partial charge in [0.2, 0.25) is 5.91 Å². The molecule has 2 heterocycles. The molecule has 0 unspecified atom stereocenters. The fraction of sp³-hybridized carbons (Fsp3) is 0.333. The Balaban J connectivity index is 1.57. The quantitative estimate of drug-likeness (QED) is 0.698. The Hall–Kier alpha value is -2.47. The second-order valence-corrected chi connectivity index (χ2v) is 7.66. The minimum Gasteiger partial charge on any atom is -0.370 e. The highest BCUT2D eigenvalue weighted by atomic mass is 32.2. The van der Waals surface area contributed by atoms with Gasteiger partial charge in [-0.2, -0.15) is 11.8 Å². The zero-order chi connectivity index (χ0) is 18.6. The van der Waals surface area contributed by atoms with Crippen molar-refractivity contribution in [3.05, 3.63) is 54.4 Å². The number of aromatic nitrogens is 2. The lowest BCUT2D eigenvalue weighted by atomic mass is 10.2. The van der Waals surface area contributed by atoms with E-state index < -0.39 is 0 Å². The predicted molar refractivity (Wildman–Crippen MR) is 113 cm³/mol. The standard InChI is InChI=1S/C21H24N4OS/c1-27-15-20-22-17-9-3-5-11-19(17)25(20)14-21(26)23-16-8-2-4-10-18(16)24-12-6-7-13-24/h2-5,8-11H,6-7,12-15H2,1H3,(H,23,26). The number of para-hydroxylation sites is 4. The minimum absolute atomic E-state index is 0.0212. The summed E-state index contributed by atoms with van der Waals surface area (Å²) in [7, 11) is 0. The van der Waals surface area contributed by atoms with Crippen LogP contribution in [0.25, 0.3) is 11.0 Å². The Morgan fingerprint density at radius 3 is 2.67 bits per heavy atom.